The smallest absolute Gasteiger partial charge is 0.435 e. The number of hydrogen-bond acceptors (Lipinski definition) is 3. The molecule has 3 rings (SSSR count). The number of aldehydes is 1. The number of benzene rings is 2. The van der Waals surface area contributed by atoms with Crippen molar-refractivity contribution in [3.8, 4) is 16.9 Å². The van der Waals surface area contributed by atoms with E-state index in [9.17, 15) is 18.0 Å². The van der Waals surface area contributed by atoms with Crippen LogP contribution >= 0.6 is 0 Å². The van der Waals surface area contributed by atoms with Crippen LogP contribution in [0, 0.1) is 0 Å². The highest BCUT2D eigenvalue weighted by molar-refractivity contribution is 5.88. The third kappa shape index (κ3) is 3.77. The Balaban J connectivity index is 1.92. The number of rotatable bonds is 5. The monoisotopic (exact) mass is 360 g/mol. The van der Waals surface area contributed by atoms with Gasteiger partial charge >= 0.3 is 6.18 Å². The molecular weight excluding hydrogens is 345 g/mol. The van der Waals surface area contributed by atoms with Crippen molar-refractivity contribution >= 4 is 6.29 Å². The summed E-state index contributed by atoms with van der Waals surface area (Å²) >= 11 is 0. The number of aryl methyl sites for hydroxylation is 1. The van der Waals surface area contributed by atoms with Gasteiger partial charge in [-0.1, -0.05) is 30.3 Å². The van der Waals surface area contributed by atoms with Gasteiger partial charge in [-0.05, 0) is 29.3 Å². The number of carbonyl (C=O) groups excluding carboxylic acids is 1. The lowest BCUT2D eigenvalue weighted by Crippen LogP contribution is -2.08. The quantitative estimate of drug-likeness (QED) is 0.630. The van der Waals surface area contributed by atoms with Crippen molar-refractivity contribution in [3.63, 3.8) is 0 Å². The molecular formula is C19H15F3N2O2. The van der Waals surface area contributed by atoms with E-state index in [1.165, 1.54) is 25.4 Å². The number of alkyl halides is 3. The number of hydrogen-bond donors (Lipinski definition) is 0. The highest BCUT2D eigenvalue weighted by Gasteiger charge is 2.37. The first-order chi connectivity index (χ1) is 12.4. The van der Waals surface area contributed by atoms with E-state index in [-0.39, 0.29) is 16.7 Å². The minimum Gasteiger partial charge on any atom is -0.489 e. The van der Waals surface area contributed by atoms with Gasteiger partial charge in [0.15, 0.2) is 12.0 Å². The van der Waals surface area contributed by atoms with E-state index in [1.807, 2.05) is 30.3 Å². The van der Waals surface area contributed by atoms with Crippen LogP contribution in [0.4, 0.5) is 13.2 Å². The predicted molar refractivity (Wildman–Crippen MR) is 89.8 cm³/mol. The summed E-state index contributed by atoms with van der Waals surface area (Å²) in [5.41, 5.74) is 0.0372. The van der Waals surface area contributed by atoms with Gasteiger partial charge < -0.3 is 4.74 Å². The lowest BCUT2D eigenvalue weighted by Gasteiger charge is -2.11. The molecule has 3 aromatic rings. The first kappa shape index (κ1) is 17.7. The van der Waals surface area contributed by atoms with Crippen molar-refractivity contribution in [3.05, 3.63) is 71.5 Å². The third-order valence-electron chi connectivity index (χ3n) is 3.79. The van der Waals surface area contributed by atoms with E-state index in [0.29, 0.717) is 18.6 Å². The van der Waals surface area contributed by atoms with Crippen molar-refractivity contribution < 1.29 is 22.7 Å². The molecule has 0 unspecified atom stereocenters. The highest BCUT2D eigenvalue weighted by atomic mass is 19.4. The van der Waals surface area contributed by atoms with Gasteiger partial charge in [-0.2, -0.15) is 18.3 Å². The molecule has 0 amide bonds. The van der Waals surface area contributed by atoms with Crippen LogP contribution in [0.3, 0.4) is 0 Å². The van der Waals surface area contributed by atoms with Crippen molar-refractivity contribution in [2.45, 2.75) is 12.8 Å². The fourth-order valence-corrected chi connectivity index (χ4v) is 2.61. The molecule has 1 heterocycles. The zero-order valence-corrected chi connectivity index (χ0v) is 13.8. The van der Waals surface area contributed by atoms with Crippen LogP contribution in [-0.2, 0) is 19.8 Å². The number of carbonyl (C=O) groups is 1. The number of aromatic nitrogens is 2. The first-order valence-corrected chi connectivity index (χ1v) is 7.75. The molecule has 134 valence electrons. The molecule has 0 N–H and O–H groups in total. The summed E-state index contributed by atoms with van der Waals surface area (Å²) in [6.45, 7) is 0.291. The SMILES string of the molecule is Cn1cc(-c2ccc(OCc3ccccc3)cc2C=O)c(C(F)(F)F)n1. The van der Waals surface area contributed by atoms with E-state index in [1.54, 1.807) is 6.07 Å². The van der Waals surface area contributed by atoms with E-state index < -0.39 is 11.9 Å². The maximum atomic E-state index is 13.2. The molecule has 0 saturated heterocycles. The van der Waals surface area contributed by atoms with Crippen LogP contribution in [0.5, 0.6) is 5.75 Å². The molecule has 0 aliphatic rings. The van der Waals surface area contributed by atoms with Gasteiger partial charge in [0.05, 0.1) is 0 Å². The lowest BCUT2D eigenvalue weighted by molar-refractivity contribution is -0.140. The topological polar surface area (TPSA) is 44.1 Å². The van der Waals surface area contributed by atoms with Gasteiger partial charge in [0.1, 0.15) is 12.4 Å². The largest absolute Gasteiger partial charge is 0.489 e. The zero-order valence-electron chi connectivity index (χ0n) is 13.8. The molecule has 2 aromatic carbocycles. The van der Waals surface area contributed by atoms with Gasteiger partial charge in [0.25, 0.3) is 0 Å². The Bertz CT molecular complexity index is 918. The minimum absolute atomic E-state index is 0.106. The summed E-state index contributed by atoms with van der Waals surface area (Å²) in [6, 6.07) is 13.8. The van der Waals surface area contributed by atoms with Crippen molar-refractivity contribution in [2.75, 3.05) is 0 Å². The molecule has 0 radical (unpaired) electrons. The predicted octanol–water partition coefficient (Wildman–Crippen LogP) is 4.50. The minimum atomic E-state index is -4.61. The summed E-state index contributed by atoms with van der Waals surface area (Å²) in [5, 5.41) is 3.48. The lowest BCUT2D eigenvalue weighted by atomic mass is 10.0. The van der Waals surface area contributed by atoms with Gasteiger partial charge in [-0.25, -0.2) is 0 Å². The average molecular weight is 360 g/mol. The number of halogens is 3. The fourth-order valence-electron chi connectivity index (χ4n) is 2.61. The van der Waals surface area contributed by atoms with Crippen LogP contribution in [0.2, 0.25) is 0 Å². The third-order valence-corrected chi connectivity index (χ3v) is 3.79. The first-order valence-electron chi connectivity index (χ1n) is 7.75. The molecule has 0 fully saturated rings. The van der Waals surface area contributed by atoms with Crippen molar-refractivity contribution in [2.24, 2.45) is 7.05 Å². The Morgan fingerprint density at radius 3 is 2.50 bits per heavy atom. The average Bonchev–Trinajstić information content (AvgIpc) is 3.02. The van der Waals surface area contributed by atoms with Crippen LogP contribution in [0.15, 0.2) is 54.7 Å². The van der Waals surface area contributed by atoms with E-state index in [0.717, 1.165) is 10.2 Å². The molecule has 4 nitrogen and oxygen atoms in total. The van der Waals surface area contributed by atoms with Crippen molar-refractivity contribution in [1.29, 1.82) is 0 Å². The fraction of sp³-hybridized carbons (Fsp3) is 0.158. The van der Waals surface area contributed by atoms with E-state index in [2.05, 4.69) is 5.10 Å². The maximum Gasteiger partial charge on any atom is 0.435 e. The van der Waals surface area contributed by atoms with Crippen LogP contribution in [0.1, 0.15) is 21.6 Å². The molecule has 0 saturated carbocycles. The Morgan fingerprint density at radius 1 is 1.12 bits per heavy atom. The van der Waals surface area contributed by atoms with Gasteiger partial charge in [0, 0.05) is 24.4 Å². The maximum absolute atomic E-state index is 13.2. The summed E-state index contributed by atoms with van der Waals surface area (Å²) in [6.07, 6.45) is -2.85. The molecule has 0 aliphatic carbocycles. The Kier molecular flexibility index (Phi) is 4.79. The number of nitrogens with zero attached hydrogens (tertiary/aromatic N) is 2. The normalized spacial score (nSPS) is 11.4. The number of ether oxygens (including phenoxy) is 1. The highest BCUT2D eigenvalue weighted by Crippen LogP contribution is 2.37. The van der Waals surface area contributed by atoms with Crippen LogP contribution in [-0.4, -0.2) is 16.1 Å². The molecule has 7 heteroatoms. The van der Waals surface area contributed by atoms with Gasteiger partial charge in [-0.3, -0.25) is 9.48 Å². The van der Waals surface area contributed by atoms with Crippen LogP contribution < -0.4 is 4.74 Å². The van der Waals surface area contributed by atoms with Gasteiger partial charge in [0.2, 0.25) is 0 Å². The van der Waals surface area contributed by atoms with Gasteiger partial charge in [-0.15, -0.1) is 0 Å². The summed E-state index contributed by atoms with van der Waals surface area (Å²) in [4.78, 5) is 11.4. The second kappa shape index (κ2) is 7.03. The summed E-state index contributed by atoms with van der Waals surface area (Å²) in [5.74, 6) is 0.400. The standard InChI is InChI=1S/C19H15F3N2O2/c1-24-10-17(18(23-24)19(20,21)22)16-8-7-15(9-14(16)11-25)26-12-13-5-3-2-4-6-13/h2-11H,12H2,1H3. The Labute approximate surface area is 147 Å². The molecule has 26 heavy (non-hydrogen) atoms. The molecule has 0 aliphatic heterocycles. The molecule has 0 atom stereocenters. The Morgan fingerprint density at radius 2 is 1.85 bits per heavy atom. The molecule has 0 spiro atoms. The van der Waals surface area contributed by atoms with E-state index in [4.69, 9.17) is 4.74 Å². The Hall–Kier alpha value is -3.09. The molecule has 0 bridgehead atoms. The van der Waals surface area contributed by atoms with E-state index >= 15 is 0 Å². The zero-order chi connectivity index (χ0) is 18.7. The summed E-state index contributed by atoms with van der Waals surface area (Å²) < 4.78 is 46.2. The van der Waals surface area contributed by atoms with Crippen LogP contribution in [0.25, 0.3) is 11.1 Å². The second-order valence-electron chi connectivity index (χ2n) is 5.70. The van der Waals surface area contributed by atoms with Crippen molar-refractivity contribution in [1.82, 2.24) is 9.78 Å². The summed E-state index contributed by atoms with van der Waals surface area (Å²) in [7, 11) is 1.40. The molecule has 1 aromatic heterocycles. The second-order valence-corrected chi connectivity index (χ2v) is 5.70.